The molecular formula is C14H22ClN9S2. The monoisotopic (exact) mass is 415 g/mol. The first-order valence-corrected chi connectivity index (χ1v) is 9.83. The Kier molecular flexibility index (Phi) is 7.62. The highest BCUT2D eigenvalue weighted by Gasteiger charge is 2.15. The van der Waals surface area contributed by atoms with Gasteiger partial charge in [0.25, 0.3) is 5.78 Å². The van der Waals surface area contributed by atoms with Crippen molar-refractivity contribution in [3.8, 4) is 0 Å². The topological polar surface area (TPSA) is 89.9 Å². The van der Waals surface area contributed by atoms with E-state index in [0.717, 1.165) is 46.3 Å². The lowest BCUT2D eigenvalue weighted by molar-refractivity contribution is 0.361. The maximum absolute atomic E-state index is 4.57. The van der Waals surface area contributed by atoms with Crippen molar-refractivity contribution in [1.82, 2.24) is 44.7 Å². The third-order valence-electron chi connectivity index (χ3n) is 3.28. The lowest BCUT2D eigenvalue weighted by Crippen LogP contribution is -2.19. The van der Waals surface area contributed by atoms with Crippen LogP contribution in [0.25, 0.3) is 5.78 Å². The first-order chi connectivity index (χ1) is 12.1. The standard InChI is InChI=1S/C14H21N9S2.ClH/c1-5-8-24-13-16-12-15-10(2)9-11(23(12)18-13)25-14-17-19-20-22(14)7-6-21(3)4;/h9H,5-8H2,1-4H3;1H. The van der Waals surface area contributed by atoms with E-state index < -0.39 is 0 Å². The van der Waals surface area contributed by atoms with E-state index in [0.29, 0.717) is 5.78 Å². The summed E-state index contributed by atoms with van der Waals surface area (Å²) in [7, 11) is 4.05. The molecule has 3 aromatic heterocycles. The third kappa shape index (κ3) is 5.06. The maximum Gasteiger partial charge on any atom is 0.254 e. The number of aryl methyl sites for hydroxylation is 1. The van der Waals surface area contributed by atoms with Crippen LogP contribution in [0, 0.1) is 6.92 Å². The molecule has 0 spiro atoms. The zero-order chi connectivity index (χ0) is 17.8. The van der Waals surface area contributed by atoms with Gasteiger partial charge in [-0.2, -0.15) is 9.50 Å². The van der Waals surface area contributed by atoms with Crippen molar-refractivity contribution in [3.05, 3.63) is 11.8 Å². The van der Waals surface area contributed by atoms with Crippen LogP contribution < -0.4 is 0 Å². The summed E-state index contributed by atoms with van der Waals surface area (Å²) in [6.07, 6.45) is 1.08. The molecule has 0 aromatic carbocycles. The molecule has 0 fully saturated rings. The van der Waals surface area contributed by atoms with E-state index in [1.807, 2.05) is 27.1 Å². The number of aromatic nitrogens is 8. The lowest BCUT2D eigenvalue weighted by Gasteiger charge is -2.10. The van der Waals surface area contributed by atoms with Crippen LogP contribution in [0.2, 0.25) is 0 Å². The number of thioether (sulfide) groups is 1. The smallest absolute Gasteiger partial charge is 0.254 e. The molecule has 9 nitrogen and oxygen atoms in total. The minimum Gasteiger partial charge on any atom is -0.308 e. The number of hydrogen-bond donors (Lipinski definition) is 0. The molecule has 0 unspecified atom stereocenters. The van der Waals surface area contributed by atoms with E-state index in [2.05, 4.69) is 42.4 Å². The van der Waals surface area contributed by atoms with Gasteiger partial charge in [-0.1, -0.05) is 18.7 Å². The van der Waals surface area contributed by atoms with E-state index in [4.69, 9.17) is 0 Å². The van der Waals surface area contributed by atoms with Crippen molar-refractivity contribution < 1.29 is 0 Å². The molecule has 0 bridgehead atoms. The minimum atomic E-state index is 0. The van der Waals surface area contributed by atoms with Crippen LogP contribution in [-0.4, -0.2) is 71.1 Å². The Morgan fingerprint density at radius 1 is 1.23 bits per heavy atom. The second-order valence-electron chi connectivity index (χ2n) is 5.78. The Balaban J connectivity index is 0.00000243. The van der Waals surface area contributed by atoms with E-state index in [1.165, 1.54) is 11.8 Å². The Morgan fingerprint density at radius 3 is 2.77 bits per heavy atom. The predicted molar refractivity (Wildman–Crippen MR) is 104 cm³/mol. The summed E-state index contributed by atoms with van der Waals surface area (Å²) in [4.78, 5) is 11.1. The predicted octanol–water partition coefficient (Wildman–Crippen LogP) is 2.06. The van der Waals surface area contributed by atoms with Crippen molar-refractivity contribution in [3.63, 3.8) is 0 Å². The molecule has 0 aliphatic heterocycles. The summed E-state index contributed by atoms with van der Waals surface area (Å²) in [5.41, 5.74) is 0.891. The van der Waals surface area contributed by atoms with Crippen molar-refractivity contribution in [2.45, 2.75) is 42.2 Å². The highest BCUT2D eigenvalue weighted by molar-refractivity contribution is 7.99. The maximum atomic E-state index is 4.57. The van der Waals surface area contributed by atoms with Gasteiger partial charge in [-0.25, -0.2) is 9.67 Å². The van der Waals surface area contributed by atoms with Crippen LogP contribution in [0.5, 0.6) is 0 Å². The SMILES string of the molecule is CCCSc1nc2nc(C)cc(Sc3nnnn3CCN(C)C)n2n1.Cl. The van der Waals surface area contributed by atoms with Gasteiger partial charge in [0.1, 0.15) is 5.03 Å². The van der Waals surface area contributed by atoms with Crippen LogP contribution in [0.15, 0.2) is 21.4 Å². The summed E-state index contributed by atoms with van der Waals surface area (Å²) < 4.78 is 3.57. The fourth-order valence-corrected chi connectivity index (χ4v) is 3.67. The van der Waals surface area contributed by atoms with Crippen molar-refractivity contribution in [2.24, 2.45) is 0 Å². The minimum absolute atomic E-state index is 0. The van der Waals surface area contributed by atoms with Crippen LogP contribution in [-0.2, 0) is 6.54 Å². The molecule has 0 amide bonds. The average Bonchev–Trinajstić information content (AvgIpc) is 3.17. The molecular weight excluding hydrogens is 394 g/mol. The number of halogens is 1. The fraction of sp³-hybridized carbons (Fsp3) is 0.571. The Labute approximate surface area is 166 Å². The number of tetrazole rings is 1. The second-order valence-corrected chi connectivity index (χ2v) is 7.83. The van der Waals surface area contributed by atoms with Gasteiger partial charge in [-0.05, 0) is 55.7 Å². The molecule has 0 aliphatic rings. The fourth-order valence-electron chi connectivity index (χ4n) is 2.06. The van der Waals surface area contributed by atoms with E-state index in [9.17, 15) is 0 Å². The first kappa shape index (κ1) is 20.9. The Bertz CT molecular complexity index is 848. The van der Waals surface area contributed by atoms with Gasteiger partial charge in [0.05, 0.1) is 6.54 Å². The first-order valence-electron chi connectivity index (χ1n) is 8.02. The quantitative estimate of drug-likeness (QED) is 0.405. The van der Waals surface area contributed by atoms with Crippen molar-refractivity contribution in [2.75, 3.05) is 26.4 Å². The van der Waals surface area contributed by atoms with E-state index in [1.54, 1.807) is 21.0 Å². The highest BCUT2D eigenvalue weighted by atomic mass is 35.5. The molecule has 0 aliphatic carbocycles. The third-order valence-corrected chi connectivity index (χ3v) is 5.30. The van der Waals surface area contributed by atoms with Crippen molar-refractivity contribution in [1.29, 1.82) is 0 Å². The van der Waals surface area contributed by atoms with Crippen LogP contribution in [0.3, 0.4) is 0 Å². The van der Waals surface area contributed by atoms with Crippen LogP contribution >= 0.6 is 35.9 Å². The van der Waals surface area contributed by atoms with Gasteiger partial charge in [0.2, 0.25) is 10.3 Å². The van der Waals surface area contributed by atoms with E-state index in [-0.39, 0.29) is 12.4 Å². The highest BCUT2D eigenvalue weighted by Crippen LogP contribution is 2.27. The zero-order valence-electron chi connectivity index (χ0n) is 15.2. The van der Waals surface area contributed by atoms with Gasteiger partial charge >= 0.3 is 0 Å². The molecule has 142 valence electrons. The lowest BCUT2D eigenvalue weighted by atomic mass is 10.5. The van der Waals surface area contributed by atoms with Gasteiger partial charge in [0, 0.05) is 18.0 Å². The summed E-state index contributed by atoms with van der Waals surface area (Å²) in [6, 6.07) is 1.98. The molecule has 12 heteroatoms. The van der Waals surface area contributed by atoms with E-state index >= 15 is 0 Å². The van der Waals surface area contributed by atoms with Crippen molar-refractivity contribution >= 4 is 41.7 Å². The largest absolute Gasteiger partial charge is 0.308 e. The molecule has 0 saturated heterocycles. The second kappa shape index (κ2) is 9.49. The number of nitrogens with zero attached hydrogens (tertiary/aromatic N) is 9. The molecule has 3 heterocycles. The zero-order valence-corrected chi connectivity index (χ0v) is 17.6. The number of fused-ring (bicyclic) bond motifs is 1. The Hall–Kier alpha value is -1.43. The van der Waals surface area contributed by atoms with Gasteiger partial charge < -0.3 is 4.90 Å². The molecule has 3 aromatic rings. The Morgan fingerprint density at radius 2 is 2.04 bits per heavy atom. The number of likely N-dealkylation sites (N-methyl/N-ethyl adjacent to an activating group) is 1. The average molecular weight is 416 g/mol. The van der Waals surface area contributed by atoms with Crippen LogP contribution in [0.4, 0.5) is 0 Å². The number of hydrogen-bond acceptors (Lipinski definition) is 9. The van der Waals surface area contributed by atoms with Gasteiger partial charge in [-0.15, -0.1) is 22.6 Å². The summed E-state index contributed by atoms with van der Waals surface area (Å²) >= 11 is 3.11. The summed E-state index contributed by atoms with van der Waals surface area (Å²) in [6.45, 7) is 5.68. The molecule has 0 saturated carbocycles. The van der Waals surface area contributed by atoms with Gasteiger partial charge in [-0.3, -0.25) is 0 Å². The normalized spacial score (nSPS) is 11.3. The molecule has 26 heavy (non-hydrogen) atoms. The van der Waals surface area contributed by atoms with Crippen LogP contribution in [0.1, 0.15) is 19.0 Å². The molecule has 3 rings (SSSR count). The molecule has 0 atom stereocenters. The summed E-state index contributed by atoms with van der Waals surface area (Å²) in [5.74, 6) is 1.59. The summed E-state index contributed by atoms with van der Waals surface area (Å²) in [5, 5.41) is 19.0. The molecule has 0 N–H and O–H groups in total. The number of rotatable bonds is 8. The molecule has 0 radical (unpaired) electrons. The van der Waals surface area contributed by atoms with Gasteiger partial charge in [0.15, 0.2) is 0 Å².